The molecule has 2 rings (SSSR count). The monoisotopic (exact) mass is 360 g/mol. The lowest BCUT2D eigenvalue weighted by atomic mass is 9.93. The Labute approximate surface area is 138 Å². The summed E-state index contributed by atoms with van der Waals surface area (Å²) in [5.41, 5.74) is 0.347. The van der Waals surface area contributed by atoms with Crippen LogP contribution >= 0.6 is 27.7 Å². The van der Waals surface area contributed by atoms with E-state index in [2.05, 4.69) is 39.4 Å². The predicted molar refractivity (Wildman–Crippen MR) is 92.3 cm³/mol. The van der Waals surface area contributed by atoms with Crippen molar-refractivity contribution in [2.75, 3.05) is 12.3 Å². The molecule has 0 aromatic heterocycles. The summed E-state index contributed by atoms with van der Waals surface area (Å²) >= 11 is 5.17. The maximum Gasteiger partial charge on any atom is 0.141 e. The van der Waals surface area contributed by atoms with Gasteiger partial charge in [-0.25, -0.2) is 0 Å². The van der Waals surface area contributed by atoms with E-state index in [-0.39, 0.29) is 0 Å². The molecule has 1 N–H and O–H groups in total. The normalized spacial score (nSPS) is 13.4. The van der Waals surface area contributed by atoms with Gasteiger partial charge in [0, 0.05) is 15.1 Å². The molecule has 21 heavy (non-hydrogen) atoms. The zero-order valence-corrected chi connectivity index (χ0v) is 14.2. The third kappa shape index (κ3) is 4.10. The molecule has 0 fully saturated rings. The fourth-order valence-electron chi connectivity index (χ4n) is 2.15. The van der Waals surface area contributed by atoms with Crippen LogP contribution in [-0.4, -0.2) is 12.3 Å². The maximum absolute atomic E-state index is 9.76. The number of rotatable bonds is 6. The number of benzene rings is 2. The Morgan fingerprint density at radius 2 is 1.95 bits per heavy atom. The molecule has 2 aromatic carbocycles. The van der Waals surface area contributed by atoms with Crippen molar-refractivity contribution in [3.8, 4) is 6.07 Å². The zero-order valence-electron chi connectivity index (χ0n) is 11.8. The van der Waals surface area contributed by atoms with E-state index in [0.29, 0.717) is 5.75 Å². The van der Waals surface area contributed by atoms with E-state index in [4.69, 9.17) is 0 Å². The van der Waals surface area contributed by atoms with Gasteiger partial charge in [0.15, 0.2) is 0 Å². The Bertz CT molecular complexity index is 624. The van der Waals surface area contributed by atoms with Crippen LogP contribution in [0, 0.1) is 11.3 Å². The summed E-state index contributed by atoms with van der Waals surface area (Å²) < 4.78 is 1.05. The van der Waals surface area contributed by atoms with Gasteiger partial charge in [0.2, 0.25) is 0 Å². The molecule has 108 valence electrons. The second kappa shape index (κ2) is 7.65. The number of hydrogen-bond donors (Lipinski definition) is 1. The van der Waals surface area contributed by atoms with Crippen molar-refractivity contribution >= 4 is 27.7 Å². The SMILES string of the molecule is CCNC(C#N)(CSc1cccc(Br)c1)c1ccccc1. The minimum Gasteiger partial charge on any atom is -0.295 e. The molecule has 0 radical (unpaired) electrons. The lowest BCUT2D eigenvalue weighted by Gasteiger charge is -2.27. The molecule has 0 bridgehead atoms. The number of nitrogens with one attached hydrogen (secondary N) is 1. The number of nitrogens with zero attached hydrogens (tertiary/aromatic N) is 1. The van der Waals surface area contributed by atoms with E-state index in [0.717, 1.165) is 21.5 Å². The quantitative estimate of drug-likeness (QED) is 0.766. The minimum absolute atomic E-state index is 0.664. The Balaban J connectivity index is 2.23. The molecule has 0 saturated heterocycles. The van der Waals surface area contributed by atoms with Gasteiger partial charge in [-0.15, -0.1) is 11.8 Å². The maximum atomic E-state index is 9.76. The van der Waals surface area contributed by atoms with E-state index in [1.807, 2.05) is 49.4 Å². The molecule has 0 aliphatic heterocycles. The van der Waals surface area contributed by atoms with Gasteiger partial charge < -0.3 is 0 Å². The van der Waals surface area contributed by atoms with Crippen LogP contribution in [0.5, 0.6) is 0 Å². The minimum atomic E-state index is -0.664. The van der Waals surface area contributed by atoms with Crippen LogP contribution in [0.2, 0.25) is 0 Å². The molecule has 2 nitrogen and oxygen atoms in total. The van der Waals surface area contributed by atoms with Gasteiger partial charge in [-0.05, 0) is 30.3 Å². The fraction of sp³-hybridized carbons (Fsp3) is 0.235. The first-order valence-electron chi connectivity index (χ1n) is 6.80. The standard InChI is InChI=1S/C17H17BrN2S/c1-2-20-17(12-19,14-7-4-3-5-8-14)13-21-16-10-6-9-15(18)11-16/h3-11,20H,2,13H2,1H3. The summed E-state index contributed by atoms with van der Waals surface area (Å²) in [7, 11) is 0. The van der Waals surface area contributed by atoms with Crippen molar-refractivity contribution in [3.63, 3.8) is 0 Å². The first kappa shape index (κ1) is 16.1. The van der Waals surface area contributed by atoms with Crippen molar-refractivity contribution in [1.82, 2.24) is 5.32 Å². The third-order valence-electron chi connectivity index (χ3n) is 3.19. The Kier molecular flexibility index (Phi) is 5.86. The van der Waals surface area contributed by atoms with Gasteiger partial charge >= 0.3 is 0 Å². The number of halogens is 1. The molecule has 0 amide bonds. The van der Waals surface area contributed by atoms with Crippen LogP contribution < -0.4 is 5.32 Å². The highest BCUT2D eigenvalue weighted by atomic mass is 79.9. The molecular formula is C17H17BrN2S. The van der Waals surface area contributed by atoms with Gasteiger partial charge in [0.25, 0.3) is 0 Å². The summed E-state index contributed by atoms with van der Waals surface area (Å²) in [4.78, 5) is 1.15. The van der Waals surface area contributed by atoms with Crippen molar-refractivity contribution in [2.45, 2.75) is 17.4 Å². The Hall–Kier alpha value is -1.28. The summed E-state index contributed by atoms with van der Waals surface area (Å²) in [6, 6.07) is 20.6. The van der Waals surface area contributed by atoms with Gasteiger partial charge in [-0.3, -0.25) is 5.32 Å². The zero-order chi connectivity index (χ0) is 15.1. The lowest BCUT2D eigenvalue weighted by molar-refractivity contribution is 0.490. The second-order valence-electron chi connectivity index (χ2n) is 4.66. The number of hydrogen-bond acceptors (Lipinski definition) is 3. The summed E-state index contributed by atoms with van der Waals surface area (Å²) in [5.74, 6) is 0.664. The highest BCUT2D eigenvalue weighted by Crippen LogP contribution is 2.30. The topological polar surface area (TPSA) is 35.8 Å². The summed E-state index contributed by atoms with van der Waals surface area (Å²) in [5, 5.41) is 13.1. The molecular weight excluding hydrogens is 344 g/mol. The predicted octanol–water partition coefficient (Wildman–Crippen LogP) is 4.57. The molecule has 4 heteroatoms. The average molecular weight is 361 g/mol. The van der Waals surface area contributed by atoms with Crippen LogP contribution in [0.1, 0.15) is 12.5 Å². The molecule has 2 aromatic rings. The largest absolute Gasteiger partial charge is 0.295 e. The Morgan fingerprint density at radius 3 is 2.57 bits per heavy atom. The smallest absolute Gasteiger partial charge is 0.141 e. The summed E-state index contributed by atoms with van der Waals surface area (Å²) in [6.45, 7) is 2.78. The van der Waals surface area contributed by atoms with E-state index in [1.165, 1.54) is 0 Å². The van der Waals surface area contributed by atoms with E-state index < -0.39 is 5.54 Å². The van der Waals surface area contributed by atoms with E-state index >= 15 is 0 Å². The van der Waals surface area contributed by atoms with Crippen LogP contribution in [0.3, 0.4) is 0 Å². The first-order chi connectivity index (χ1) is 10.2. The van der Waals surface area contributed by atoms with Crippen molar-refractivity contribution < 1.29 is 0 Å². The van der Waals surface area contributed by atoms with E-state index in [9.17, 15) is 5.26 Å². The molecule has 1 unspecified atom stereocenters. The lowest BCUT2D eigenvalue weighted by Crippen LogP contribution is -2.43. The second-order valence-corrected chi connectivity index (χ2v) is 6.62. The highest BCUT2D eigenvalue weighted by molar-refractivity contribution is 9.10. The average Bonchev–Trinajstić information content (AvgIpc) is 2.52. The van der Waals surface area contributed by atoms with Crippen LogP contribution in [0.15, 0.2) is 64.0 Å². The molecule has 0 heterocycles. The van der Waals surface area contributed by atoms with Crippen LogP contribution in [0.4, 0.5) is 0 Å². The highest BCUT2D eigenvalue weighted by Gasteiger charge is 2.31. The number of nitriles is 1. The first-order valence-corrected chi connectivity index (χ1v) is 8.58. The Morgan fingerprint density at radius 1 is 1.19 bits per heavy atom. The van der Waals surface area contributed by atoms with Crippen molar-refractivity contribution in [1.29, 1.82) is 5.26 Å². The van der Waals surface area contributed by atoms with Gasteiger partial charge in [0.05, 0.1) is 6.07 Å². The van der Waals surface area contributed by atoms with Crippen molar-refractivity contribution in [3.05, 3.63) is 64.6 Å². The molecule has 0 saturated carbocycles. The van der Waals surface area contributed by atoms with Gasteiger partial charge in [0.1, 0.15) is 5.54 Å². The molecule has 0 spiro atoms. The molecule has 1 atom stereocenters. The molecule has 0 aliphatic rings. The third-order valence-corrected chi connectivity index (χ3v) is 4.85. The fourth-order valence-corrected chi connectivity index (χ4v) is 3.80. The van der Waals surface area contributed by atoms with Crippen LogP contribution in [0.25, 0.3) is 0 Å². The van der Waals surface area contributed by atoms with Gasteiger partial charge in [-0.1, -0.05) is 59.3 Å². The van der Waals surface area contributed by atoms with E-state index in [1.54, 1.807) is 11.8 Å². The molecule has 0 aliphatic carbocycles. The summed E-state index contributed by atoms with van der Waals surface area (Å²) in [6.07, 6.45) is 0. The van der Waals surface area contributed by atoms with Gasteiger partial charge in [-0.2, -0.15) is 5.26 Å². The van der Waals surface area contributed by atoms with Crippen molar-refractivity contribution in [2.24, 2.45) is 0 Å². The van der Waals surface area contributed by atoms with Crippen LogP contribution in [-0.2, 0) is 5.54 Å². The number of thioether (sulfide) groups is 1.